The molecule has 0 bridgehead atoms. The Kier molecular flexibility index (Phi) is 6.05. The van der Waals surface area contributed by atoms with Crippen molar-refractivity contribution in [3.05, 3.63) is 58.6 Å². The molecule has 2 aromatic rings. The maximum absolute atomic E-state index is 5.99. The fourth-order valence-electron chi connectivity index (χ4n) is 2.32. The number of halogens is 2. The Morgan fingerprint density at radius 1 is 0.789 bits per heavy atom. The summed E-state index contributed by atoms with van der Waals surface area (Å²) in [6.07, 6.45) is 2.57. The Hall–Kier alpha value is -0.181. The molecule has 0 heterocycles. The van der Waals surface area contributed by atoms with Gasteiger partial charge in [-0.1, -0.05) is 0 Å². The summed E-state index contributed by atoms with van der Waals surface area (Å²) in [5, 5.41) is 1.64. The molecule has 100 valence electrons. The van der Waals surface area contributed by atoms with Crippen LogP contribution in [0.1, 0.15) is 19.8 Å². The van der Waals surface area contributed by atoms with Gasteiger partial charge >= 0.3 is 133 Å². The predicted molar refractivity (Wildman–Crippen MR) is 89.0 cm³/mol. The molecule has 0 spiro atoms. The molecule has 2 aromatic carbocycles. The van der Waals surface area contributed by atoms with Crippen LogP contribution in [0.15, 0.2) is 48.5 Å². The van der Waals surface area contributed by atoms with E-state index in [-0.39, 0.29) is 0 Å². The molecule has 0 aliphatic rings. The molecular formula is C16H18Cl2Sn. The normalized spacial score (nSPS) is 10.9. The van der Waals surface area contributed by atoms with Crippen LogP contribution in [0.4, 0.5) is 0 Å². The summed E-state index contributed by atoms with van der Waals surface area (Å²) in [6.45, 7) is 2.26. The van der Waals surface area contributed by atoms with Crippen molar-refractivity contribution in [2.24, 2.45) is 0 Å². The molecule has 2 rings (SSSR count). The van der Waals surface area contributed by atoms with Crippen molar-refractivity contribution in [2.45, 2.75) is 24.2 Å². The number of hydrogen-bond acceptors (Lipinski definition) is 0. The van der Waals surface area contributed by atoms with Gasteiger partial charge in [-0.2, -0.15) is 0 Å². The number of unbranched alkanes of at least 4 members (excludes halogenated alkanes) is 1. The van der Waals surface area contributed by atoms with Gasteiger partial charge in [-0.25, -0.2) is 0 Å². The van der Waals surface area contributed by atoms with E-state index in [1.807, 2.05) is 24.3 Å². The van der Waals surface area contributed by atoms with Crippen molar-refractivity contribution in [1.29, 1.82) is 0 Å². The first kappa shape index (κ1) is 15.2. The Bertz CT molecular complexity index is 460. The second-order valence-electron chi connectivity index (χ2n) is 4.80. The average molecular weight is 400 g/mol. The van der Waals surface area contributed by atoms with Crippen LogP contribution in [-0.4, -0.2) is 19.8 Å². The second kappa shape index (κ2) is 7.56. The van der Waals surface area contributed by atoms with E-state index in [2.05, 4.69) is 31.2 Å². The van der Waals surface area contributed by atoms with Gasteiger partial charge in [0.1, 0.15) is 0 Å². The molecule has 0 N–H and O–H groups in total. The summed E-state index contributed by atoms with van der Waals surface area (Å²) in [6, 6.07) is 16.9. The van der Waals surface area contributed by atoms with Crippen LogP contribution >= 0.6 is 23.2 Å². The van der Waals surface area contributed by atoms with Gasteiger partial charge in [0.2, 0.25) is 0 Å². The minimum absolute atomic E-state index is 0.820. The van der Waals surface area contributed by atoms with E-state index in [1.165, 1.54) is 24.4 Å². The van der Waals surface area contributed by atoms with Crippen molar-refractivity contribution < 1.29 is 0 Å². The third kappa shape index (κ3) is 4.40. The van der Waals surface area contributed by atoms with Crippen LogP contribution in [0.25, 0.3) is 0 Å². The topological polar surface area (TPSA) is 0 Å². The van der Waals surface area contributed by atoms with Gasteiger partial charge in [0.15, 0.2) is 0 Å². The molecule has 0 amide bonds. The Labute approximate surface area is 132 Å². The van der Waals surface area contributed by atoms with Gasteiger partial charge in [-0.3, -0.25) is 0 Å². The molecule has 0 fully saturated rings. The zero-order valence-electron chi connectivity index (χ0n) is 11.1. The van der Waals surface area contributed by atoms with Gasteiger partial charge < -0.3 is 0 Å². The van der Waals surface area contributed by atoms with Crippen LogP contribution < -0.4 is 7.16 Å². The first-order chi connectivity index (χ1) is 9.20. The van der Waals surface area contributed by atoms with Gasteiger partial charge in [0, 0.05) is 0 Å². The summed E-state index contributed by atoms with van der Waals surface area (Å²) in [7, 11) is 0. The van der Waals surface area contributed by atoms with Crippen molar-refractivity contribution in [1.82, 2.24) is 0 Å². The van der Waals surface area contributed by atoms with Crippen molar-refractivity contribution >= 4 is 50.1 Å². The number of hydrogen-bond donors (Lipinski definition) is 0. The fraction of sp³-hybridized carbons (Fsp3) is 0.250. The van der Waals surface area contributed by atoms with Crippen molar-refractivity contribution in [2.75, 3.05) is 0 Å². The van der Waals surface area contributed by atoms with Crippen molar-refractivity contribution in [3.8, 4) is 0 Å². The van der Waals surface area contributed by atoms with E-state index in [4.69, 9.17) is 23.2 Å². The molecule has 19 heavy (non-hydrogen) atoms. The zero-order valence-corrected chi connectivity index (χ0v) is 15.9. The first-order valence-corrected chi connectivity index (χ1v) is 13.1. The maximum atomic E-state index is 5.99. The molecular weight excluding hydrogens is 382 g/mol. The third-order valence-corrected chi connectivity index (χ3v) is 13.5. The van der Waals surface area contributed by atoms with Gasteiger partial charge in [0.05, 0.1) is 0 Å². The van der Waals surface area contributed by atoms with E-state index in [0.29, 0.717) is 0 Å². The molecule has 0 aromatic heterocycles. The monoisotopic (exact) mass is 400 g/mol. The molecule has 0 saturated carbocycles. The molecule has 0 aliphatic carbocycles. The summed E-state index contributed by atoms with van der Waals surface area (Å²) in [5.41, 5.74) is 0. The fourth-order valence-corrected chi connectivity index (χ4v) is 11.7. The van der Waals surface area contributed by atoms with E-state index in [1.54, 1.807) is 0 Å². The van der Waals surface area contributed by atoms with Crippen LogP contribution in [0.2, 0.25) is 14.5 Å². The third-order valence-electron chi connectivity index (χ3n) is 3.39. The molecule has 0 atom stereocenters. The van der Waals surface area contributed by atoms with E-state index in [0.717, 1.165) is 10.0 Å². The summed E-state index contributed by atoms with van der Waals surface area (Å²) >= 11 is 10.1. The van der Waals surface area contributed by atoms with E-state index < -0.39 is 19.8 Å². The number of rotatable bonds is 5. The second-order valence-corrected chi connectivity index (χ2v) is 14.3. The van der Waals surface area contributed by atoms with Crippen LogP contribution in [0, 0.1) is 0 Å². The summed E-state index contributed by atoms with van der Waals surface area (Å²) in [4.78, 5) is 0. The Balaban J connectivity index is 2.29. The van der Waals surface area contributed by atoms with Gasteiger partial charge in [0.25, 0.3) is 0 Å². The predicted octanol–water partition coefficient (Wildman–Crippen LogP) is 4.13. The number of benzene rings is 2. The quantitative estimate of drug-likeness (QED) is 0.663. The summed E-state index contributed by atoms with van der Waals surface area (Å²) < 4.78 is 4.42. The summed E-state index contributed by atoms with van der Waals surface area (Å²) in [5.74, 6) is 0. The van der Waals surface area contributed by atoms with Gasteiger partial charge in [-0.05, 0) is 0 Å². The van der Waals surface area contributed by atoms with Crippen LogP contribution in [0.5, 0.6) is 0 Å². The van der Waals surface area contributed by atoms with Gasteiger partial charge in [-0.15, -0.1) is 0 Å². The van der Waals surface area contributed by atoms with E-state index >= 15 is 0 Å². The zero-order chi connectivity index (χ0) is 13.7. The minimum atomic E-state index is -1.92. The first-order valence-electron chi connectivity index (χ1n) is 6.71. The van der Waals surface area contributed by atoms with Crippen molar-refractivity contribution in [3.63, 3.8) is 0 Å². The molecule has 0 nitrogen and oxygen atoms in total. The molecule has 0 saturated heterocycles. The molecule has 0 aliphatic heterocycles. The standard InChI is InChI=1S/2C6H4Cl.C4H9.Sn.H/c2*7-6-4-2-1-3-5-6;1-3-4-2;;/h2*2-5H;1,3-4H2,2H3;;. The van der Waals surface area contributed by atoms with Crippen LogP contribution in [-0.2, 0) is 0 Å². The molecule has 0 radical (unpaired) electrons. The molecule has 0 unspecified atom stereocenters. The molecule has 3 heteroatoms. The Morgan fingerprint density at radius 2 is 1.21 bits per heavy atom. The SMILES string of the molecule is CCC[CH2][SnH]([c]1ccc(Cl)cc1)[c]1ccc(Cl)cc1. The van der Waals surface area contributed by atoms with E-state index in [9.17, 15) is 0 Å². The average Bonchev–Trinajstić information content (AvgIpc) is 2.43. The van der Waals surface area contributed by atoms with Crippen LogP contribution in [0.3, 0.4) is 0 Å². The Morgan fingerprint density at radius 3 is 1.58 bits per heavy atom.